The SMILES string of the molecule is COCCN1C(=O)NC(c2ccc(OC)c(OC)c2)C(c2nc(-c3ccc(OC)cc3)no2)=C1C. The number of aromatic nitrogens is 2. The van der Waals surface area contributed by atoms with Gasteiger partial charge in [0.15, 0.2) is 11.5 Å². The minimum Gasteiger partial charge on any atom is -0.497 e. The standard InChI is InChI=1S/C25H28N4O6/c1-15-21(24-27-23(28-35-24)16-6-9-18(32-3)10-7-16)22(26-25(30)29(15)12-13-31-2)17-8-11-19(33-4)20(14-17)34-5/h6-11,14,22H,12-13H2,1-5H3,(H,26,30). The van der Waals surface area contributed by atoms with Gasteiger partial charge in [-0.15, -0.1) is 0 Å². The number of amides is 2. The van der Waals surface area contributed by atoms with Gasteiger partial charge >= 0.3 is 6.03 Å². The molecule has 4 rings (SSSR count). The second-order valence-corrected chi connectivity index (χ2v) is 7.79. The fraction of sp³-hybridized carbons (Fsp3) is 0.320. The average Bonchev–Trinajstić information content (AvgIpc) is 3.37. The Bertz CT molecular complexity index is 1220. The first kappa shape index (κ1) is 24.1. The highest BCUT2D eigenvalue weighted by Gasteiger charge is 2.36. The number of carbonyl (C=O) groups excluding carboxylic acids is 1. The van der Waals surface area contributed by atoms with Crippen LogP contribution in [0.3, 0.4) is 0 Å². The van der Waals surface area contributed by atoms with Crippen LogP contribution in [0, 0.1) is 0 Å². The van der Waals surface area contributed by atoms with E-state index < -0.39 is 6.04 Å². The normalized spacial score (nSPS) is 15.7. The zero-order valence-electron chi connectivity index (χ0n) is 20.3. The van der Waals surface area contributed by atoms with Gasteiger partial charge in [-0.1, -0.05) is 11.2 Å². The van der Waals surface area contributed by atoms with Gasteiger partial charge in [0.05, 0.1) is 46.1 Å². The Morgan fingerprint density at radius 3 is 2.40 bits per heavy atom. The second-order valence-electron chi connectivity index (χ2n) is 7.79. The lowest BCUT2D eigenvalue weighted by molar-refractivity contribution is 0.158. The Kier molecular flexibility index (Phi) is 7.21. The Morgan fingerprint density at radius 1 is 1.00 bits per heavy atom. The van der Waals surface area contributed by atoms with Gasteiger partial charge in [-0.25, -0.2) is 4.79 Å². The monoisotopic (exact) mass is 480 g/mol. The second kappa shape index (κ2) is 10.5. The van der Waals surface area contributed by atoms with Gasteiger partial charge in [0.25, 0.3) is 5.89 Å². The summed E-state index contributed by atoms with van der Waals surface area (Å²) < 4.78 is 27.0. The van der Waals surface area contributed by atoms with Crippen LogP contribution in [0.25, 0.3) is 17.0 Å². The van der Waals surface area contributed by atoms with Crippen LogP contribution in [0.2, 0.25) is 0 Å². The molecule has 0 saturated carbocycles. The first-order chi connectivity index (χ1) is 17.0. The fourth-order valence-corrected chi connectivity index (χ4v) is 3.98. The van der Waals surface area contributed by atoms with Gasteiger partial charge < -0.3 is 28.8 Å². The molecule has 184 valence electrons. The van der Waals surface area contributed by atoms with Crippen molar-refractivity contribution in [1.29, 1.82) is 0 Å². The predicted molar refractivity (Wildman–Crippen MR) is 128 cm³/mol. The van der Waals surface area contributed by atoms with Crippen LogP contribution in [0.15, 0.2) is 52.7 Å². The van der Waals surface area contributed by atoms with E-state index >= 15 is 0 Å². The molecule has 10 heteroatoms. The predicted octanol–water partition coefficient (Wildman–Crippen LogP) is 3.91. The van der Waals surface area contributed by atoms with Crippen molar-refractivity contribution < 1.29 is 28.3 Å². The molecule has 1 aromatic heterocycles. The van der Waals surface area contributed by atoms with Crippen molar-refractivity contribution in [3.63, 3.8) is 0 Å². The van der Waals surface area contributed by atoms with E-state index in [4.69, 9.17) is 23.5 Å². The number of nitrogens with zero attached hydrogens (tertiary/aromatic N) is 3. The van der Waals surface area contributed by atoms with Crippen molar-refractivity contribution in [1.82, 2.24) is 20.4 Å². The third-order valence-corrected chi connectivity index (χ3v) is 5.86. The lowest BCUT2D eigenvalue weighted by Gasteiger charge is -2.35. The highest BCUT2D eigenvalue weighted by atomic mass is 16.5. The molecule has 0 bridgehead atoms. The van der Waals surface area contributed by atoms with Crippen molar-refractivity contribution in [2.24, 2.45) is 0 Å². The molecule has 1 unspecified atom stereocenters. The summed E-state index contributed by atoms with van der Waals surface area (Å²) in [6, 6.07) is 12.0. The summed E-state index contributed by atoms with van der Waals surface area (Å²) in [7, 11) is 6.34. The summed E-state index contributed by atoms with van der Waals surface area (Å²) in [5, 5.41) is 7.24. The Balaban J connectivity index is 1.79. The zero-order chi connectivity index (χ0) is 24.9. The average molecular weight is 481 g/mol. The highest BCUT2D eigenvalue weighted by Crippen LogP contribution is 2.40. The van der Waals surface area contributed by atoms with E-state index in [-0.39, 0.29) is 6.03 Å². The molecule has 0 radical (unpaired) electrons. The van der Waals surface area contributed by atoms with Gasteiger partial charge in [-0.2, -0.15) is 4.98 Å². The van der Waals surface area contributed by atoms with Crippen molar-refractivity contribution in [3.8, 4) is 28.6 Å². The molecule has 0 saturated heterocycles. The largest absolute Gasteiger partial charge is 0.497 e. The summed E-state index contributed by atoms with van der Waals surface area (Å²) in [4.78, 5) is 19.3. The molecular formula is C25H28N4O6. The number of rotatable bonds is 9. The molecular weight excluding hydrogens is 452 g/mol. The number of methoxy groups -OCH3 is 4. The molecule has 1 N–H and O–H groups in total. The number of benzene rings is 2. The number of ether oxygens (including phenoxy) is 4. The van der Waals surface area contributed by atoms with Crippen molar-refractivity contribution in [3.05, 3.63) is 59.6 Å². The minimum atomic E-state index is -0.551. The number of hydrogen-bond acceptors (Lipinski definition) is 8. The Morgan fingerprint density at radius 2 is 1.74 bits per heavy atom. The summed E-state index contributed by atoms with van der Waals surface area (Å²) in [6.45, 7) is 2.60. The Labute approximate surface area is 203 Å². The van der Waals surface area contributed by atoms with E-state index in [2.05, 4.69) is 15.5 Å². The van der Waals surface area contributed by atoms with E-state index in [9.17, 15) is 4.79 Å². The van der Waals surface area contributed by atoms with E-state index in [0.717, 1.165) is 16.9 Å². The van der Waals surface area contributed by atoms with Crippen molar-refractivity contribution in [2.75, 3.05) is 41.6 Å². The number of urea groups is 1. The van der Waals surface area contributed by atoms with E-state index in [1.165, 1.54) is 0 Å². The summed E-state index contributed by atoms with van der Waals surface area (Å²) >= 11 is 0. The third kappa shape index (κ3) is 4.78. The topological polar surface area (TPSA) is 108 Å². The first-order valence-electron chi connectivity index (χ1n) is 11.0. The molecule has 2 amide bonds. The number of allylic oxidation sites excluding steroid dienone is 1. The third-order valence-electron chi connectivity index (χ3n) is 5.86. The molecule has 1 aliphatic heterocycles. The quantitative estimate of drug-likeness (QED) is 0.491. The lowest BCUT2D eigenvalue weighted by Crippen LogP contribution is -2.47. The summed E-state index contributed by atoms with van der Waals surface area (Å²) in [5.74, 6) is 2.59. The summed E-state index contributed by atoms with van der Waals surface area (Å²) in [5.41, 5.74) is 2.93. The maximum Gasteiger partial charge on any atom is 0.322 e. The van der Waals surface area contributed by atoms with Gasteiger partial charge in [-0.3, -0.25) is 4.90 Å². The molecule has 0 spiro atoms. The van der Waals surface area contributed by atoms with Crippen LogP contribution in [-0.2, 0) is 4.74 Å². The smallest absolute Gasteiger partial charge is 0.322 e. The van der Waals surface area contributed by atoms with Crippen LogP contribution >= 0.6 is 0 Å². The fourth-order valence-electron chi connectivity index (χ4n) is 3.98. The molecule has 3 aromatic rings. The maximum atomic E-state index is 13.0. The highest BCUT2D eigenvalue weighted by molar-refractivity contribution is 5.87. The minimum absolute atomic E-state index is 0.252. The molecule has 1 aliphatic rings. The molecule has 2 heterocycles. The number of hydrogen-bond donors (Lipinski definition) is 1. The molecule has 0 fully saturated rings. The van der Waals surface area contributed by atoms with Crippen LogP contribution in [0.5, 0.6) is 17.2 Å². The summed E-state index contributed by atoms with van der Waals surface area (Å²) in [6.07, 6.45) is 0. The van der Waals surface area contributed by atoms with Crippen LogP contribution in [0.1, 0.15) is 24.4 Å². The van der Waals surface area contributed by atoms with E-state index in [0.29, 0.717) is 47.6 Å². The Hall–Kier alpha value is -4.05. The number of nitrogens with one attached hydrogen (secondary N) is 1. The zero-order valence-corrected chi connectivity index (χ0v) is 20.3. The van der Waals surface area contributed by atoms with Gasteiger partial charge in [0, 0.05) is 18.4 Å². The maximum absolute atomic E-state index is 13.0. The lowest BCUT2D eigenvalue weighted by atomic mass is 9.94. The molecule has 35 heavy (non-hydrogen) atoms. The van der Waals surface area contributed by atoms with Crippen molar-refractivity contribution in [2.45, 2.75) is 13.0 Å². The van der Waals surface area contributed by atoms with Gasteiger partial charge in [0.1, 0.15) is 5.75 Å². The van der Waals surface area contributed by atoms with Crippen LogP contribution < -0.4 is 19.5 Å². The molecule has 0 aliphatic carbocycles. The van der Waals surface area contributed by atoms with Crippen LogP contribution in [-0.4, -0.2) is 62.7 Å². The van der Waals surface area contributed by atoms with E-state index in [1.807, 2.05) is 43.3 Å². The molecule has 10 nitrogen and oxygen atoms in total. The van der Waals surface area contributed by atoms with Crippen molar-refractivity contribution >= 4 is 11.6 Å². The first-order valence-corrected chi connectivity index (χ1v) is 11.0. The van der Waals surface area contributed by atoms with Crippen LogP contribution in [0.4, 0.5) is 4.79 Å². The molecule has 1 atom stereocenters. The number of carbonyl (C=O) groups is 1. The van der Waals surface area contributed by atoms with Gasteiger partial charge in [0.2, 0.25) is 5.82 Å². The van der Waals surface area contributed by atoms with Gasteiger partial charge in [-0.05, 0) is 48.9 Å². The van der Waals surface area contributed by atoms with E-state index in [1.54, 1.807) is 39.4 Å². The molecule has 2 aromatic carbocycles.